The number of alkyl halides is 3. The van der Waals surface area contributed by atoms with Gasteiger partial charge < -0.3 is 15.4 Å². The third kappa shape index (κ3) is 2.98. The number of benzene rings is 1. The van der Waals surface area contributed by atoms with Crippen molar-refractivity contribution in [3.8, 4) is 5.75 Å². The van der Waals surface area contributed by atoms with Crippen LogP contribution in [0, 0.1) is 0 Å². The van der Waals surface area contributed by atoms with Gasteiger partial charge in [0.1, 0.15) is 5.75 Å². The molecule has 18 heavy (non-hydrogen) atoms. The Morgan fingerprint density at radius 1 is 1.39 bits per heavy atom. The first-order valence-corrected chi connectivity index (χ1v) is 5.32. The van der Waals surface area contributed by atoms with E-state index in [9.17, 15) is 18.0 Å². The van der Waals surface area contributed by atoms with Gasteiger partial charge in [-0.05, 0) is 17.7 Å². The highest BCUT2D eigenvalue weighted by Crippen LogP contribution is 2.32. The van der Waals surface area contributed by atoms with Gasteiger partial charge in [-0.15, -0.1) is 13.2 Å². The molecule has 1 fully saturated rings. The average Bonchev–Trinajstić information content (AvgIpc) is 2.66. The fraction of sp³-hybridized carbons (Fsp3) is 0.300. The fourth-order valence-corrected chi connectivity index (χ4v) is 1.83. The summed E-state index contributed by atoms with van der Waals surface area (Å²) >= 11 is 5.69. The van der Waals surface area contributed by atoms with Crippen LogP contribution < -0.4 is 15.4 Å². The molecule has 1 aromatic carbocycles. The minimum Gasteiger partial charge on any atom is -0.404 e. The molecular formula is C10H8ClF3N2O2. The minimum absolute atomic E-state index is 0.161. The Morgan fingerprint density at radius 2 is 2.11 bits per heavy atom. The smallest absolute Gasteiger partial charge is 0.404 e. The third-order valence-electron chi connectivity index (χ3n) is 2.36. The van der Waals surface area contributed by atoms with E-state index in [1.165, 1.54) is 12.1 Å². The molecule has 1 aliphatic heterocycles. The molecule has 8 heteroatoms. The van der Waals surface area contributed by atoms with Crippen LogP contribution in [0.25, 0.3) is 0 Å². The van der Waals surface area contributed by atoms with Gasteiger partial charge in [0, 0.05) is 6.54 Å². The van der Waals surface area contributed by atoms with Crippen LogP contribution in [-0.2, 0) is 0 Å². The van der Waals surface area contributed by atoms with Crippen LogP contribution in [0.2, 0.25) is 5.02 Å². The molecule has 4 nitrogen and oxygen atoms in total. The lowest BCUT2D eigenvalue weighted by Crippen LogP contribution is -2.21. The van der Waals surface area contributed by atoms with Gasteiger partial charge in [0.25, 0.3) is 0 Å². The van der Waals surface area contributed by atoms with Crippen LogP contribution >= 0.6 is 11.6 Å². The second kappa shape index (κ2) is 4.56. The van der Waals surface area contributed by atoms with Crippen molar-refractivity contribution in [1.82, 2.24) is 10.6 Å². The number of urea groups is 1. The van der Waals surface area contributed by atoms with Crippen molar-refractivity contribution < 1.29 is 22.7 Å². The zero-order valence-corrected chi connectivity index (χ0v) is 9.60. The van der Waals surface area contributed by atoms with Crippen molar-refractivity contribution in [1.29, 1.82) is 0 Å². The standard InChI is InChI=1S/C10H8ClF3N2O2/c11-6-3-5(7-4-15-9(17)16-7)1-2-8(6)18-10(12,13)14/h1-3,7H,4H2,(H2,15,16,17)/t7-/m1/s1. The second-order valence-electron chi connectivity index (χ2n) is 3.64. The quantitative estimate of drug-likeness (QED) is 0.875. The number of carbonyl (C=O) groups is 1. The monoisotopic (exact) mass is 280 g/mol. The first kappa shape index (κ1) is 12.8. The zero-order valence-electron chi connectivity index (χ0n) is 8.84. The molecule has 0 aromatic heterocycles. The van der Waals surface area contributed by atoms with Crippen LogP contribution in [0.15, 0.2) is 18.2 Å². The van der Waals surface area contributed by atoms with Gasteiger partial charge >= 0.3 is 12.4 Å². The normalized spacial score (nSPS) is 19.3. The molecule has 98 valence electrons. The number of carbonyl (C=O) groups excluding carboxylic acids is 1. The van der Waals surface area contributed by atoms with Crippen molar-refractivity contribution in [2.45, 2.75) is 12.4 Å². The molecule has 0 aliphatic carbocycles. The molecule has 0 spiro atoms. The van der Waals surface area contributed by atoms with Crippen molar-refractivity contribution in [2.24, 2.45) is 0 Å². The summed E-state index contributed by atoms with van der Waals surface area (Å²) in [6.07, 6.45) is -4.78. The maximum absolute atomic E-state index is 12.0. The summed E-state index contributed by atoms with van der Waals surface area (Å²) in [7, 11) is 0. The maximum Gasteiger partial charge on any atom is 0.573 e. The highest BCUT2D eigenvalue weighted by Gasteiger charge is 2.32. The predicted octanol–water partition coefficient (Wildman–Crippen LogP) is 2.59. The lowest BCUT2D eigenvalue weighted by molar-refractivity contribution is -0.274. The number of halogens is 4. The second-order valence-corrected chi connectivity index (χ2v) is 4.05. The Kier molecular flexibility index (Phi) is 3.25. The average molecular weight is 281 g/mol. The van der Waals surface area contributed by atoms with Gasteiger partial charge in [-0.3, -0.25) is 0 Å². The summed E-state index contributed by atoms with van der Waals surface area (Å²) in [4.78, 5) is 10.9. The molecule has 1 atom stereocenters. The van der Waals surface area contributed by atoms with E-state index in [4.69, 9.17) is 11.6 Å². The molecular weight excluding hydrogens is 273 g/mol. The topological polar surface area (TPSA) is 50.4 Å². The van der Waals surface area contributed by atoms with Crippen LogP contribution in [0.1, 0.15) is 11.6 Å². The van der Waals surface area contributed by atoms with Gasteiger partial charge in [0.05, 0.1) is 11.1 Å². The Hall–Kier alpha value is -1.63. The van der Waals surface area contributed by atoms with Gasteiger partial charge in [0.15, 0.2) is 0 Å². The van der Waals surface area contributed by atoms with Crippen molar-refractivity contribution in [3.05, 3.63) is 28.8 Å². The molecule has 0 bridgehead atoms. The van der Waals surface area contributed by atoms with Crippen molar-refractivity contribution >= 4 is 17.6 Å². The first-order chi connectivity index (χ1) is 8.35. The number of nitrogens with one attached hydrogen (secondary N) is 2. The lowest BCUT2D eigenvalue weighted by Gasteiger charge is -2.13. The summed E-state index contributed by atoms with van der Waals surface area (Å²) in [5, 5.41) is 4.97. The highest BCUT2D eigenvalue weighted by molar-refractivity contribution is 6.32. The summed E-state index contributed by atoms with van der Waals surface area (Å²) in [6.45, 7) is 0.356. The van der Waals surface area contributed by atoms with E-state index in [1.54, 1.807) is 0 Å². The van der Waals surface area contributed by atoms with E-state index < -0.39 is 12.1 Å². The van der Waals surface area contributed by atoms with Gasteiger partial charge in [0.2, 0.25) is 0 Å². The van der Waals surface area contributed by atoms with E-state index in [0.29, 0.717) is 12.1 Å². The largest absolute Gasteiger partial charge is 0.573 e. The first-order valence-electron chi connectivity index (χ1n) is 4.95. The fourth-order valence-electron chi connectivity index (χ4n) is 1.60. The number of hydrogen-bond donors (Lipinski definition) is 2. The molecule has 2 N–H and O–H groups in total. The number of ether oxygens (including phenoxy) is 1. The molecule has 2 rings (SSSR count). The Morgan fingerprint density at radius 3 is 2.61 bits per heavy atom. The minimum atomic E-state index is -4.78. The Bertz CT molecular complexity index is 479. The van der Waals surface area contributed by atoms with Crippen LogP contribution in [0.3, 0.4) is 0 Å². The van der Waals surface area contributed by atoms with E-state index in [2.05, 4.69) is 15.4 Å². The third-order valence-corrected chi connectivity index (χ3v) is 2.65. The molecule has 0 unspecified atom stereocenters. The summed E-state index contributed by atoms with van der Waals surface area (Å²) in [5.41, 5.74) is 0.605. The Labute approximate surface area is 105 Å². The summed E-state index contributed by atoms with van der Waals surface area (Å²) in [6, 6.07) is 3.24. The summed E-state index contributed by atoms with van der Waals surface area (Å²) in [5.74, 6) is -0.467. The molecule has 2 amide bonds. The zero-order chi connectivity index (χ0) is 13.3. The van der Waals surface area contributed by atoms with Crippen LogP contribution in [0.5, 0.6) is 5.75 Å². The summed E-state index contributed by atoms with van der Waals surface area (Å²) < 4.78 is 39.8. The van der Waals surface area contributed by atoms with E-state index >= 15 is 0 Å². The SMILES string of the molecule is O=C1NC[C@H](c2ccc(OC(F)(F)F)c(Cl)c2)N1. The maximum atomic E-state index is 12.0. The molecule has 0 saturated carbocycles. The number of rotatable bonds is 2. The Balaban J connectivity index is 2.17. The lowest BCUT2D eigenvalue weighted by atomic mass is 10.1. The van der Waals surface area contributed by atoms with E-state index in [0.717, 1.165) is 6.07 Å². The molecule has 1 aromatic rings. The molecule has 1 heterocycles. The molecule has 1 aliphatic rings. The molecule has 1 saturated heterocycles. The van der Waals surface area contributed by atoms with Crippen LogP contribution in [-0.4, -0.2) is 18.9 Å². The van der Waals surface area contributed by atoms with Crippen molar-refractivity contribution in [2.75, 3.05) is 6.54 Å². The predicted molar refractivity (Wildman–Crippen MR) is 57.4 cm³/mol. The van der Waals surface area contributed by atoms with Gasteiger partial charge in [-0.2, -0.15) is 0 Å². The van der Waals surface area contributed by atoms with Crippen molar-refractivity contribution in [3.63, 3.8) is 0 Å². The van der Waals surface area contributed by atoms with E-state index in [-0.39, 0.29) is 17.1 Å². The van der Waals surface area contributed by atoms with E-state index in [1.807, 2.05) is 0 Å². The molecule has 0 radical (unpaired) electrons. The van der Waals surface area contributed by atoms with Gasteiger partial charge in [-0.25, -0.2) is 4.79 Å². The number of amides is 2. The van der Waals surface area contributed by atoms with Crippen LogP contribution in [0.4, 0.5) is 18.0 Å². The highest BCUT2D eigenvalue weighted by atomic mass is 35.5. The van der Waals surface area contributed by atoms with Gasteiger partial charge in [-0.1, -0.05) is 17.7 Å². The number of hydrogen-bond acceptors (Lipinski definition) is 2.